The van der Waals surface area contributed by atoms with E-state index in [4.69, 9.17) is 5.11 Å². The average molecular weight is 260 g/mol. The third-order valence-electron chi connectivity index (χ3n) is 2.38. The fraction of sp³-hybridized carbons (Fsp3) is 0. The lowest BCUT2D eigenvalue weighted by atomic mass is 10.2. The van der Waals surface area contributed by atoms with Crippen LogP contribution in [-0.4, -0.2) is 22.0 Å². The minimum atomic E-state index is -1.39. The SMILES string of the molecule is O=C(Nc1ccc(F)c(C(=O)O)c1)c1cccnc1. The Hall–Kier alpha value is -2.76. The van der Waals surface area contributed by atoms with Gasteiger partial charge in [-0.05, 0) is 30.3 Å². The number of pyridine rings is 1. The molecule has 6 heteroatoms. The Bertz CT molecular complexity index is 629. The molecule has 0 spiro atoms. The molecule has 0 aliphatic carbocycles. The number of aromatic carboxylic acids is 1. The van der Waals surface area contributed by atoms with Crippen LogP contribution in [0.25, 0.3) is 0 Å². The van der Waals surface area contributed by atoms with Crippen LogP contribution in [0.4, 0.5) is 10.1 Å². The summed E-state index contributed by atoms with van der Waals surface area (Å²) in [5.41, 5.74) is 0.0281. The highest BCUT2D eigenvalue weighted by Gasteiger charge is 2.12. The molecule has 2 N–H and O–H groups in total. The van der Waals surface area contributed by atoms with Gasteiger partial charge in [-0.25, -0.2) is 9.18 Å². The van der Waals surface area contributed by atoms with Crippen molar-refractivity contribution in [2.24, 2.45) is 0 Å². The number of benzene rings is 1. The third-order valence-corrected chi connectivity index (χ3v) is 2.38. The molecule has 0 atom stereocenters. The molecule has 19 heavy (non-hydrogen) atoms. The van der Waals surface area contributed by atoms with E-state index in [1.807, 2.05) is 0 Å². The van der Waals surface area contributed by atoms with Crippen LogP contribution in [0.15, 0.2) is 42.7 Å². The van der Waals surface area contributed by atoms with Crippen LogP contribution in [0.2, 0.25) is 0 Å². The first-order valence-electron chi connectivity index (χ1n) is 5.32. The van der Waals surface area contributed by atoms with Crippen LogP contribution in [-0.2, 0) is 0 Å². The second-order valence-electron chi connectivity index (χ2n) is 3.70. The maximum atomic E-state index is 13.2. The predicted molar refractivity (Wildman–Crippen MR) is 65.5 cm³/mol. The first-order chi connectivity index (χ1) is 9.08. The van der Waals surface area contributed by atoms with E-state index in [1.165, 1.54) is 18.5 Å². The molecule has 0 aliphatic heterocycles. The highest BCUT2D eigenvalue weighted by Crippen LogP contribution is 2.15. The van der Waals surface area contributed by atoms with Gasteiger partial charge in [0.1, 0.15) is 5.82 Å². The number of aromatic nitrogens is 1. The minimum Gasteiger partial charge on any atom is -0.478 e. The van der Waals surface area contributed by atoms with Crippen LogP contribution in [0.5, 0.6) is 0 Å². The Morgan fingerprint density at radius 3 is 2.68 bits per heavy atom. The molecule has 1 amide bonds. The van der Waals surface area contributed by atoms with Crippen molar-refractivity contribution in [2.75, 3.05) is 5.32 Å². The third kappa shape index (κ3) is 2.92. The molecular formula is C13H9FN2O3. The Labute approximate surface area is 107 Å². The summed E-state index contributed by atoms with van der Waals surface area (Å²) in [6, 6.07) is 6.50. The molecule has 96 valence electrons. The highest BCUT2D eigenvalue weighted by atomic mass is 19.1. The zero-order valence-electron chi connectivity index (χ0n) is 9.63. The van der Waals surface area contributed by atoms with E-state index >= 15 is 0 Å². The van der Waals surface area contributed by atoms with Crippen molar-refractivity contribution in [3.05, 3.63) is 59.7 Å². The van der Waals surface area contributed by atoms with Crippen LogP contribution in [0.1, 0.15) is 20.7 Å². The van der Waals surface area contributed by atoms with Gasteiger partial charge in [0.2, 0.25) is 0 Å². The molecule has 0 saturated carbocycles. The maximum absolute atomic E-state index is 13.2. The molecule has 0 unspecified atom stereocenters. The standard InChI is InChI=1S/C13H9FN2O3/c14-11-4-3-9(6-10(11)13(18)19)16-12(17)8-2-1-5-15-7-8/h1-7H,(H,16,17)(H,18,19). The number of carbonyl (C=O) groups excluding carboxylic acids is 1. The fourth-order valence-electron chi connectivity index (χ4n) is 1.47. The predicted octanol–water partition coefficient (Wildman–Crippen LogP) is 2.17. The van der Waals surface area contributed by atoms with E-state index in [0.29, 0.717) is 5.56 Å². The monoisotopic (exact) mass is 260 g/mol. The van der Waals surface area contributed by atoms with E-state index in [0.717, 1.165) is 12.1 Å². The molecule has 1 heterocycles. The molecule has 0 fully saturated rings. The lowest BCUT2D eigenvalue weighted by Crippen LogP contribution is -2.13. The van der Waals surface area contributed by atoms with Gasteiger partial charge in [0, 0.05) is 18.1 Å². The second-order valence-corrected chi connectivity index (χ2v) is 3.70. The zero-order chi connectivity index (χ0) is 13.8. The summed E-state index contributed by atoms with van der Waals surface area (Å²) in [6.45, 7) is 0. The van der Waals surface area contributed by atoms with E-state index in [1.54, 1.807) is 12.1 Å². The number of carboxylic acid groups (broad SMARTS) is 1. The van der Waals surface area contributed by atoms with Crippen molar-refractivity contribution in [2.45, 2.75) is 0 Å². The van der Waals surface area contributed by atoms with Crippen molar-refractivity contribution in [1.82, 2.24) is 4.98 Å². The van der Waals surface area contributed by atoms with Crippen LogP contribution in [0, 0.1) is 5.82 Å². The number of hydrogen-bond acceptors (Lipinski definition) is 3. The summed E-state index contributed by atoms with van der Waals surface area (Å²) in [5, 5.41) is 11.3. The molecule has 2 aromatic rings. The summed E-state index contributed by atoms with van der Waals surface area (Å²) in [6.07, 6.45) is 2.90. The normalized spacial score (nSPS) is 9.95. The summed E-state index contributed by atoms with van der Waals surface area (Å²) in [4.78, 5) is 26.3. The Kier molecular flexibility index (Phi) is 3.51. The van der Waals surface area contributed by atoms with Crippen molar-refractivity contribution in [3.8, 4) is 0 Å². The first kappa shape index (κ1) is 12.7. The van der Waals surface area contributed by atoms with Gasteiger partial charge in [-0.1, -0.05) is 0 Å². The van der Waals surface area contributed by atoms with Crippen molar-refractivity contribution in [3.63, 3.8) is 0 Å². The second kappa shape index (κ2) is 5.26. The number of amides is 1. The van der Waals surface area contributed by atoms with Crippen molar-refractivity contribution in [1.29, 1.82) is 0 Å². The summed E-state index contributed by atoms with van der Waals surface area (Å²) in [5.74, 6) is -2.70. The molecule has 0 aliphatic rings. The number of anilines is 1. The minimum absolute atomic E-state index is 0.202. The fourth-order valence-corrected chi connectivity index (χ4v) is 1.47. The van der Waals surface area contributed by atoms with Gasteiger partial charge >= 0.3 is 5.97 Å². The Morgan fingerprint density at radius 2 is 2.05 bits per heavy atom. The van der Waals surface area contributed by atoms with Gasteiger partial charge in [-0.3, -0.25) is 9.78 Å². The van der Waals surface area contributed by atoms with Gasteiger partial charge in [0.05, 0.1) is 11.1 Å². The first-order valence-corrected chi connectivity index (χ1v) is 5.32. The number of nitrogens with zero attached hydrogens (tertiary/aromatic N) is 1. The smallest absolute Gasteiger partial charge is 0.338 e. The molecule has 0 radical (unpaired) electrons. The molecule has 5 nitrogen and oxygen atoms in total. The topological polar surface area (TPSA) is 79.3 Å². The summed E-state index contributed by atoms with van der Waals surface area (Å²) in [7, 11) is 0. The highest BCUT2D eigenvalue weighted by molar-refractivity contribution is 6.04. The summed E-state index contributed by atoms with van der Waals surface area (Å²) < 4.78 is 13.2. The maximum Gasteiger partial charge on any atom is 0.338 e. The van der Waals surface area contributed by atoms with Gasteiger partial charge in [0.15, 0.2) is 0 Å². The van der Waals surface area contributed by atoms with Crippen LogP contribution >= 0.6 is 0 Å². The van der Waals surface area contributed by atoms with Crippen LogP contribution < -0.4 is 5.32 Å². The molecule has 1 aromatic heterocycles. The lowest BCUT2D eigenvalue weighted by molar-refractivity contribution is 0.0691. The van der Waals surface area contributed by atoms with Crippen molar-refractivity contribution < 1.29 is 19.1 Å². The van der Waals surface area contributed by atoms with Gasteiger partial charge in [-0.2, -0.15) is 0 Å². The van der Waals surface area contributed by atoms with E-state index in [2.05, 4.69) is 10.3 Å². The van der Waals surface area contributed by atoms with E-state index in [9.17, 15) is 14.0 Å². The number of rotatable bonds is 3. The number of halogens is 1. The number of carboxylic acids is 1. The van der Waals surface area contributed by atoms with Crippen LogP contribution in [0.3, 0.4) is 0 Å². The van der Waals surface area contributed by atoms with E-state index < -0.39 is 23.3 Å². The lowest BCUT2D eigenvalue weighted by Gasteiger charge is -2.06. The quantitative estimate of drug-likeness (QED) is 0.886. The van der Waals surface area contributed by atoms with E-state index in [-0.39, 0.29) is 5.69 Å². The molecule has 1 aromatic carbocycles. The molecule has 2 rings (SSSR count). The Morgan fingerprint density at radius 1 is 1.26 bits per heavy atom. The number of nitrogens with one attached hydrogen (secondary N) is 1. The Balaban J connectivity index is 2.23. The largest absolute Gasteiger partial charge is 0.478 e. The number of hydrogen-bond donors (Lipinski definition) is 2. The molecule has 0 saturated heterocycles. The summed E-state index contributed by atoms with van der Waals surface area (Å²) >= 11 is 0. The molecule has 0 bridgehead atoms. The average Bonchev–Trinajstić information content (AvgIpc) is 2.41. The van der Waals surface area contributed by atoms with Gasteiger partial charge < -0.3 is 10.4 Å². The van der Waals surface area contributed by atoms with Crippen molar-refractivity contribution >= 4 is 17.6 Å². The number of carbonyl (C=O) groups is 2. The zero-order valence-corrected chi connectivity index (χ0v) is 9.63. The molecular weight excluding hydrogens is 251 g/mol. The van der Waals surface area contributed by atoms with Gasteiger partial charge in [-0.15, -0.1) is 0 Å². The van der Waals surface area contributed by atoms with Gasteiger partial charge in [0.25, 0.3) is 5.91 Å².